The number of para-hydroxylation sites is 1. The Bertz CT molecular complexity index is 796. The summed E-state index contributed by atoms with van der Waals surface area (Å²) < 4.78 is 35.7. The van der Waals surface area contributed by atoms with E-state index in [4.69, 9.17) is 4.74 Å². The number of nitrogens with one attached hydrogen (secondary N) is 1. The molecule has 124 valence electrons. The second-order valence-corrected chi connectivity index (χ2v) is 7.25. The van der Waals surface area contributed by atoms with Crippen LogP contribution in [-0.4, -0.2) is 48.8 Å². The number of ether oxygens (including phenoxy) is 1. The summed E-state index contributed by atoms with van der Waals surface area (Å²) in [4.78, 5) is 0. The quantitative estimate of drug-likeness (QED) is 0.897. The highest BCUT2D eigenvalue weighted by Gasteiger charge is 2.36. The monoisotopic (exact) mass is 336 g/mol. The van der Waals surface area contributed by atoms with E-state index >= 15 is 0 Å². The second-order valence-electron chi connectivity index (χ2n) is 5.57. The first-order valence-electron chi connectivity index (χ1n) is 7.34. The molecule has 1 saturated heterocycles. The molecule has 0 saturated carbocycles. The van der Waals surface area contributed by atoms with Crippen molar-refractivity contribution >= 4 is 15.9 Å². The summed E-state index contributed by atoms with van der Waals surface area (Å²) in [6, 6.07) is 9.61. The molecule has 0 atom stereocenters. The van der Waals surface area contributed by atoms with Crippen LogP contribution in [-0.2, 0) is 14.9 Å². The van der Waals surface area contributed by atoms with Gasteiger partial charge in [0.1, 0.15) is 0 Å². The fourth-order valence-electron chi connectivity index (χ4n) is 2.55. The molecule has 1 aromatic carbocycles. The third-order valence-electron chi connectivity index (χ3n) is 4.01. The summed E-state index contributed by atoms with van der Waals surface area (Å²) in [6.07, 6.45) is -0.0270. The summed E-state index contributed by atoms with van der Waals surface area (Å²) in [5, 5.41) is 4.45. The maximum absolute atomic E-state index is 12.4. The van der Waals surface area contributed by atoms with Gasteiger partial charge in [0.15, 0.2) is 0 Å². The molecule has 8 heteroatoms. The van der Waals surface area contributed by atoms with Crippen LogP contribution in [0.1, 0.15) is 11.4 Å². The van der Waals surface area contributed by atoms with Crippen LogP contribution in [0, 0.1) is 13.8 Å². The van der Waals surface area contributed by atoms with Crippen LogP contribution in [0.2, 0.25) is 0 Å². The zero-order valence-electron chi connectivity index (χ0n) is 13.4. The first kappa shape index (κ1) is 16.0. The van der Waals surface area contributed by atoms with Gasteiger partial charge in [-0.2, -0.15) is 17.8 Å². The van der Waals surface area contributed by atoms with Crippen molar-refractivity contribution < 1.29 is 13.2 Å². The van der Waals surface area contributed by atoms with Gasteiger partial charge >= 0.3 is 10.2 Å². The molecule has 1 fully saturated rings. The molecule has 1 aliphatic heterocycles. The van der Waals surface area contributed by atoms with Gasteiger partial charge < -0.3 is 4.74 Å². The van der Waals surface area contributed by atoms with Gasteiger partial charge in [0, 0.05) is 20.2 Å². The standard InChI is InChI=1S/C15H20N4O3S/c1-11-15(17-23(20,21)18-9-14(10-18)22-3)12(2)19(16-11)13-7-5-4-6-8-13/h4-8,14,17H,9-10H2,1-3H3. The van der Waals surface area contributed by atoms with Crippen molar-refractivity contribution in [3.05, 3.63) is 41.7 Å². The van der Waals surface area contributed by atoms with E-state index in [9.17, 15) is 8.42 Å². The maximum atomic E-state index is 12.4. The minimum Gasteiger partial charge on any atom is -0.379 e. The zero-order valence-corrected chi connectivity index (χ0v) is 14.2. The van der Waals surface area contributed by atoms with Gasteiger partial charge in [-0.25, -0.2) is 4.68 Å². The van der Waals surface area contributed by atoms with Crippen LogP contribution in [0.5, 0.6) is 0 Å². The average molecular weight is 336 g/mol. The average Bonchev–Trinajstić information content (AvgIpc) is 2.74. The second kappa shape index (κ2) is 5.95. The van der Waals surface area contributed by atoms with E-state index < -0.39 is 10.2 Å². The predicted octanol–water partition coefficient (Wildman–Crippen LogP) is 1.48. The van der Waals surface area contributed by atoms with E-state index in [0.717, 1.165) is 11.4 Å². The molecule has 1 N–H and O–H groups in total. The smallest absolute Gasteiger partial charge is 0.301 e. The van der Waals surface area contributed by atoms with Gasteiger partial charge in [-0.1, -0.05) is 18.2 Å². The highest BCUT2D eigenvalue weighted by Crippen LogP contribution is 2.26. The Morgan fingerprint density at radius 2 is 1.87 bits per heavy atom. The van der Waals surface area contributed by atoms with Crippen molar-refractivity contribution in [3.63, 3.8) is 0 Å². The molecule has 2 aromatic rings. The largest absolute Gasteiger partial charge is 0.379 e. The van der Waals surface area contributed by atoms with Crippen molar-refractivity contribution in [1.29, 1.82) is 0 Å². The molecule has 1 aromatic heterocycles. The first-order valence-corrected chi connectivity index (χ1v) is 8.78. The molecular weight excluding hydrogens is 316 g/mol. The number of nitrogens with zero attached hydrogens (tertiary/aromatic N) is 3. The van der Waals surface area contributed by atoms with Crippen LogP contribution in [0.15, 0.2) is 30.3 Å². The molecule has 0 amide bonds. The zero-order chi connectivity index (χ0) is 16.6. The molecule has 1 aliphatic rings. The fourth-order valence-corrected chi connectivity index (χ4v) is 3.96. The van der Waals surface area contributed by atoms with E-state index in [0.29, 0.717) is 24.5 Å². The lowest BCUT2D eigenvalue weighted by molar-refractivity contribution is 0.0128. The molecule has 0 spiro atoms. The normalized spacial score (nSPS) is 16.3. The Balaban J connectivity index is 1.86. The number of aromatic nitrogens is 2. The number of hydrogen-bond donors (Lipinski definition) is 1. The highest BCUT2D eigenvalue weighted by molar-refractivity contribution is 7.90. The summed E-state index contributed by atoms with van der Waals surface area (Å²) in [7, 11) is -2.00. The topological polar surface area (TPSA) is 76.5 Å². The van der Waals surface area contributed by atoms with Crippen LogP contribution in [0.25, 0.3) is 5.69 Å². The predicted molar refractivity (Wildman–Crippen MR) is 88.0 cm³/mol. The van der Waals surface area contributed by atoms with Crippen LogP contribution in [0.4, 0.5) is 5.69 Å². The molecule has 0 bridgehead atoms. The number of rotatable bonds is 5. The molecule has 7 nitrogen and oxygen atoms in total. The molecule has 0 unspecified atom stereocenters. The molecule has 23 heavy (non-hydrogen) atoms. The third kappa shape index (κ3) is 2.97. The fraction of sp³-hybridized carbons (Fsp3) is 0.400. The summed E-state index contributed by atoms with van der Waals surface area (Å²) in [5.74, 6) is 0. The molecule has 0 aliphatic carbocycles. The van der Waals surface area contributed by atoms with Crippen LogP contribution >= 0.6 is 0 Å². The molecule has 2 heterocycles. The summed E-state index contributed by atoms with van der Waals surface area (Å²) in [5.41, 5.74) is 2.80. The summed E-state index contributed by atoms with van der Waals surface area (Å²) in [6.45, 7) is 4.38. The lowest BCUT2D eigenvalue weighted by atomic mass is 10.2. The molecule has 0 radical (unpaired) electrons. The Morgan fingerprint density at radius 3 is 2.48 bits per heavy atom. The number of hydrogen-bond acceptors (Lipinski definition) is 4. The van der Waals surface area contributed by atoms with E-state index in [1.54, 1.807) is 18.7 Å². The Kier molecular flexibility index (Phi) is 4.13. The van der Waals surface area contributed by atoms with Gasteiger partial charge in [0.2, 0.25) is 0 Å². The third-order valence-corrected chi connectivity index (χ3v) is 5.45. The maximum Gasteiger partial charge on any atom is 0.301 e. The number of benzene rings is 1. The van der Waals surface area contributed by atoms with E-state index in [1.165, 1.54) is 4.31 Å². The molecular formula is C15H20N4O3S. The van der Waals surface area contributed by atoms with Crippen molar-refractivity contribution in [2.75, 3.05) is 24.9 Å². The van der Waals surface area contributed by atoms with Crippen molar-refractivity contribution in [3.8, 4) is 5.69 Å². The Labute approximate surface area is 136 Å². The number of methoxy groups -OCH3 is 1. The van der Waals surface area contributed by atoms with Crippen LogP contribution in [0.3, 0.4) is 0 Å². The van der Waals surface area contributed by atoms with Crippen molar-refractivity contribution in [1.82, 2.24) is 14.1 Å². The Hall–Kier alpha value is -1.90. The lowest BCUT2D eigenvalue weighted by Crippen LogP contribution is -2.55. The van der Waals surface area contributed by atoms with Gasteiger partial charge in [0.05, 0.1) is 28.9 Å². The minimum absolute atomic E-state index is 0.0270. The van der Waals surface area contributed by atoms with Crippen molar-refractivity contribution in [2.45, 2.75) is 20.0 Å². The number of aryl methyl sites for hydroxylation is 1. The van der Waals surface area contributed by atoms with Gasteiger partial charge in [-0.3, -0.25) is 4.72 Å². The highest BCUT2D eigenvalue weighted by atomic mass is 32.2. The molecule has 3 rings (SSSR count). The summed E-state index contributed by atoms with van der Waals surface area (Å²) >= 11 is 0. The lowest BCUT2D eigenvalue weighted by Gasteiger charge is -2.36. The minimum atomic E-state index is -3.58. The van der Waals surface area contributed by atoms with Crippen molar-refractivity contribution in [2.24, 2.45) is 0 Å². The van der Waals surface area contributed by atoms with Gasteiger partial charge in [0.25, 0.3) is 0 Å². The Morgan fingerprint density at radius 1 is 1.22 bits per heavy atom. The van der Waals surface area contributed by atoms with Gasteiger partial charge in [-0.05, 0) is 26.0 Å². The van der Waals surface area contributed by atoms with Gasteiger partial charge in [-0.15, -0.1) is 0 Å². The SMILES string of the molecule is COC1CN(S(=O)(=O)Nc2c(C)nn(-c3ccccc3)c2C)C1. The van der Waals surface area contributed by atoms with Crippen LogP contribution < -0.4 is 4.72 Å². The van der Waals surface area contributed by atoms with E-state index in [-0.39, 0.29) is 6.10 Å². The first-order chi connectivity index (χ1) is 10.9. The van der Waals surface area contributed by atoms with E-state index in [2.05, 4.69) is 9.82 Å². The number of anilines is 1. The van der Waals surface area contributed by atoms with E-state index in [1.807, 2.05) is 37.3 Å².